The lowest BCUT2D eigenvalue weighted by Gasteiger charge is -2.01. The number of rotatable bonds is 3. The summed E-state index contributed by atoms with van der Waals surface area (Å²) < 4.78 is 11.5. The zero-order valence-electron chi connectivity index (χ0n) is 12.1. The molecule has 0 N–H and O–H groups in total. The number of hydrogen-bond donors (Lipinski definition) is 0. The van der Waals surface area contributed by atoms with Gasteiger partial charge in [0, 0.05) is 16.3 Å². The fraction of sp³-hybridized carbons (Fsp3) is 0.0526. The third kappa shape index (κ3) is 2.11. The number of methoxy groups -OCH3 is 1. The van der Waals surface area contributed by atoms with Crippen LogP contribution in [0.15, 0.2) is 70.5 Å². The van der Waals surface area contributed by atoms with Gasteiger partial charge in [-0.2, -0.15) is 0 Å². The van der Waals surface area contributed by atoms with Crippen LogP contribution in [0.5, 0.6) is 5.75 Å². The molecule has 0 saturated heterocycles. The van der Waals surface area contributed by atoms with Crippen LogP contribution in [0.25, 0.3) is 32.7 Å². The average Bonchev–Trinajstić information content (AvgIpc) is 3.22. The topological polar surface area (TPSA) is 22.4 Å². The third-order valence-corrected chi connectivity index (χ3v) is 4.59. The molecule has 0 spiro atoms. The zero-order valence-corrected chi connectivity index (χ0v) is 12.9. The summed E-state index contributed by atoms with van der Waals surface area (Å²) >= 11 is 1.69. The van der Waals surface area contributed by atoms with E-state index in [1.807, 2.05) is 42.5 Å². The highest BCUT2D eigenvalue weighted by Gasteiger charge is 2.16. The lowest BCUT2D eigenvalue weighted by molar-refractivity contribution is 0.415. The molecule has 4 rings (SSSR count). The molecule has 22 heavy (non-hydrogen) atoms. The molecule has 2 aromatic heterocycles. The van der Waals surface area contributed by atoms with Gasteiger partial charge in [0.05, 0.1) is 12.0 Å². The van der Waals surface area contributed by atoms with Gasteiger partial charge in [0.25, 0.3) is 0 Å². The molecule has 0 fully saturated rings. The third-order valence-electron chi connectivity index (χ3n) is 3.72. The molecule has 2 aromatic carbocycles. The Hall–Kier alpha value is -2.52. The normalized spacial score (nSPS) is 11.0. The van der Waals surface area contributed by atoms with E-state index in [-0.39, 0.29) is 0 Å². The quantitative estimate of drug-likeness (QED) is 0.474. The highest BCUT2D eigenvalue weighted by molar-refractivity contribution is 7.13. The molecule has 0 unspecified atom stereocenters. The van der Waals surface area contributed by atoms with E-state index >= 15 is 0 Å². The van der Waals surface area contributed by atoms with E-state index in [0.29, 0.717) is 0 Å². The summed E-state index contributed by atoms with van der Waals surface area (Å²) in [7, 11) is 1.67. The van der Waals surface area contributed by atoms with Crippen LogP contribution in [-0.4, -0.2) is 7.11 Å². The minimum absolute atomic E-state index is 0.845. The second kappa shape index (κ2) is 5.35. The van der Waals surface area contributed by atoms with Gasteiger partial charge in [-0.1, -0.05) is 30.3 Å². The molecule has 0 bridgehead atoms. The van der Waals surface area contributed by atoms with Crippen LogP contribution in [0.4, 0.5) is 0 Å². The summed E-state index contributed by atoms with van der Waals surface area (Å²) in [6.07, 6.45) is 0. The van der Waals surface area contributed by atoms with Crippen molar-refractivity contribution in [2.75, 3.05) is 7.11 Å². The second-order valence-electron chi connectivity index (χ2n) is 5.01. The summed E-state index contributed by atoms with van der Waals surface area (Å²) in [5, 5.41) is 4.35. The van der Waals surface area contributed by atoms with Gasteiger partial charge in [-0.05, 0) is 35.7 Å². The molecule has 0 amide bonds. The summed E-state index contributed by atoms with van der Waals surface area (Å²) in [6.45, 7) is 0. The molecular formula is C19H14O2S. The molecule has 4 aromatic rings. The smallest absolute Gasteiger partial charge is 0.152 e. The van der Waals surface area contributed by atoms with Crippen molar-refractivity contribution in [3.8, 4) is 27.7 Å². The molecule has 0 aliphatic rings. The number of furan rings is 1. The lowest BCUT2D eigenvalue weighted by atomic mass is 10.1. The van der Waals surface area contributed by atoms with E-state index in [4.69, 9.17) is 9.15 Å². The van der Waals surface area contributed by atoms with Gasteiger partial charge in [-0.15, -0.1) is 11.3 Å². The van der Waals surface area contributed by atoms with Crippen LogP contribution in [0, 0.1) is 0 Å². The SMILES string of the molecule is COc1ccc(-c2oc(-c3cccs3)c3ccccc23)cc1. The highest BCUT2D eigenvalue weighted by atomic mass is 32.1. The number of thiophene rings is 1. The standard InChI is InChI=1S/C19H14O2S/c1-20-14-10-8-13(9-11-14)18-15-5-2-3-6-16(15)19(21-18)17-7-4-12-22-17/h2-12H,1H3. The summed E-state index contributed by atoms with van der Waals surface area (Å²) in [5.41, 5.74) is 1.06. The molecule has 3 heteroatoms. The van der Waals surface area contributed by atoms with Crippen molar-refractivity contribution in [1.29, 1.82) is 0 Å². The van der Waals surface area contributed by atoms with Crippen molar-refractivity contribution in [2.24, 2.45) is 0 Å². The maximum Gasteiger partial charge on any atom is 0.152 e. The molecular weight excluding hydrogens is 292 g/mol. The maximum absolute atomic E-state index is 6.24. The van der Waals surface area contributed by atoms with Gasteiger partial charge in [-0.3, -0.25) is 0 Å². The molecule has 2 nitrogen and oxygen atoms in total. The molecule has 0 saturated carbocycles. The van der Waals surface area contributed by atoms with E-state index in [0.717, 1.165) is 38.5 Å². The van der Waals surface area contributed by atoms with Crippen LogP contribution in [-0.2, 0) is 0 Å². The van der Waals surface area contributed by atoms with Crippen molar-refractivity contribution < 1.29 is 9.15 Å². The van der Waals surface area contributed by atoms with Crippen molar-refractivity contribution in [2.45, 2.75) is 0 Å². The van der Waals surface area contributed by atoms with Gasteiger partial charge >= 0.3 is 0 Å². The van der Waals surface area contributed by atoms with Crippen molar-refractivity contribution >= 4 is 22.1 Å². The Kier molecular flexibility index (Phi) is 3.20. The Balaban J connectivity index is 1.94. The van der Waals surface area contributed by atoms with Gasteiger partial charge in [0.1, 0.15) is 11.5 Å². The largest absolute Gasteiger partial charge is 0.497 e. The fourth-order valence-corrected chi connectivity index (χ4v) is 3.36. The van der Waals surface area contributed by atoms with Crippen LogP contribution >= 0.6 is 11.3 Å². The Morgan fingerprint density at radius 3 is 2.18 bits per heavy atom. The second-order valence-corrected chi connectivity index (χ2v) is 5.96. The monoisotopic (exact) mass is 306 g/mol. The Morgan fingerprint density at radius 2 is 1.55 bits per heavy atom. The van der Waals surface area contributed by atoms with E-state index < -0.39 is 0 Å². The predicted octanol–water partition coefficient (Wildman–Crippen LogP) is 5.84. The van der Waals surface area contributed by atoms with E-state index in [1.165, 1.54) is 0 Å². The number of fused-ring (bicyclic) bond motifs is 1. The molecule has 0 aliphatic heterocycles. The summed E-state index contributed by atoms with van der Waals surface area (Å²) in [4.78, 5) is 1.15. The zero-order chi connectivity index (χ0) is 14.9. The summed E-state index contributed by atoms with van der Waals surface area (Å²) in [6, 6.07) is 20.4. The van der Waals surface area contributed by atoms with Crippen LogP contribution in [0.1, 0.15) is 0 Å². The van der Waals surface area contributed by atoms with Gasteiger partial charge in [-0.25, -0.2) is 0 Å². The molecule has 2 heterocycles. The first-order valence-corrected chi connectivity index (χ1v) is 7.94. The van der Waals surface area contributed by atoms with Crippen LogP contribution in [0.3, 0.4) is 0 Å². The first kappa shape index (κ1) is 13.2. The average molecular weight is 306 g/mol. The van der Waals surface area contributed by atoms with E-state index in [1.54, 1.807) is 18.4 Å². The minimum Gasteiger partial charge on any atom is -0.497 e. The predicted molar refractivity (Wildman–Crippen MR) is 91.5 cm³/mol. The minimum atomic E-state index is 0.845. The fourth-order valence-electron chi connectivity index (χ4n) is 2.64. The molecule has 0 aliphatic carbocycles. The molecule has 108 valence electrons. The first-order chi connectivity index (χ1) is 10.9. The highest BCUT2D eigenvalue weighted by Crippen LogP contribution is 2.40. The number of ether oxygens (including phenoxy) is 1. The Bertz CT molecular complexity index is 902. The van der Waals surface area contributed by atoms with Crippen molar-refractivity contribution in [1.82, 2.24) is 0 Å². The van der Waals surface area contributed by atoms with Crippen molar-refractivity contribution in [3.63, 3.8) is 0 Å². The maximum atomic E-state index is 6.24. The van der Waals surface area contributed by atoms with Crippen LogP contribution < -0.4 is 4.74 Å². The molecule has 0 radical (unpaired) electrons. The van der Waals surface area contributed by atoms with Gasteiger partial charge < -0.3 is 9.15 Å². The Labute approximate surface area is 132 Å². The molecule has 0 atom stereocenters. The number of benzene rings is 2. The number of hydrogen-bond acceptors (Lipinski definition) is 3. The van der Waals surface area contributed by atoms with E-state index in [2.05, 4.69) is 23.6 Å². The van der Waals surface area contributed by atoms with Crippen LogP contribution in [0.2, 0.25) is 0 Å². The lowest BCUT2D eigenvalue weighted by Crippen LogP contribution is -1.82. The first-order valence-electron chi connectivity index (χ1n) is 7.06. The summed E-state index contributed by atoms with van der Waals surface area (Å²) in [5.74, 6) is 2.69. The Morgan fingerprint density at radius 1 is 0.818 bits per heavy atom. The van der Waals surface area contributed by atoms with Crippen molar-refractivity contribution in [3.05, 3.63) is 66.0 Å². The van der Waals surface area contributed by atoms with Gasteiger partial charge in [0.15, 0.2) is 5.76 Å². The van der Waals surface area contributed by atoms with E-state index in [9.17, 15) is 0 Å². The van der Waals surface area contributed by atoms with Gasteiger partial charge in [0.2, 0.25) is 0 Å².